The second-order valence-corrected chi connectivity index (χ2v) is 8.21. The van der Waals surface area contributed by atoms with Crippen LogP contribution in [-0.2, 0) is 11.3 Å². The lowest BCUT2D eigenvalue weighted by Crippen LogP contribution is -2.49. The van der Waals surface area contributed by atoms with Gasteiger partial charge in [-0.25, -0.2) is 4.68 Å². The van der Waals surface area contributed by atoms with E-state index in [9.17, 15) is 4.79 Å². The second kappa shape index (κ2) is 10.4. The maximum atomic E-state index is 12.6. The van der Waals surface area contributed by atoms with E-state index < -0.39 is 0 Å². The molecule has 1 aliphatic heterocycles. The van der Waals surface area contributed by atoms with Crippen LogP contribution >= 0.6 is 0 Å². The van der Waals surface area contributed by atoms with Crippen molar-refractivity contribution in [3.8, 4) is 11.4 Å². The summed E-state index contributed by atoms with van der Waals surface area (Å²) in [6, 6.07) is 17.8. The Labute approximate surface area is 189 Å². The molecule has 1 N–H and O–H groups in total. The van der Waals surface area contributed by atoms with Crippen LogP contribution in [0.3, 0.4) is 0 Å². The summed E-state index contributed by atoms with van der Waals surface area (Å²) in [7, 11) is 1.65. The van der Waals surface area contributed by atoms with E-state index in [1.165, 1.54) is 5.56 Å². The first kappa shape index (κ1) is 22.0. The van der Waals surface area contributed by atoms with Crippen LogP contribution in [-0.4, -0.2) is 65.3 Å². The molecule has 1 amide bonds. The van der Waals surface area contributed by atoms with Gasteiger partial charge in [0, 0.05) is 50.0 Å². The standard InChI is InChI=1S/C25H31N5O2/c1-20(23-10-6-7-11-24(23)32-2)27-25(31)19-29-14-12-28(13-15-29)17-21-16-26-30(18-21)22-8-4-3-5-9-22/h3-11,16,18,20H,12-15,17,19H2,1-2H3,(H,27,31)/t20-/m1/s1. The fraction of sp³-hybridized carbons (Fsp3) is 0.360. The minimum absolute atomic E-state index is 0.0426. The molecule has 4 rings (SSSR count). The third-order valence-corrected chi connectivity index (χ3v) is 5.88. The fourth-order valence-corrected chi connectivity index (χ4v) is 4.12. The van der Waals surface area contributed by atoms with Crippen molar-refractivity contribution < 1.29 is 9.53 Å². The highest BCUT2D eigenvalue weighted by atomic mass is 16.5. The topological polar surface area (TPSA) is 62.6 Å². The van der Waals surface area contributed by atoms with E-state index >= 15 is 0 Å². The van der Waals surface area contributed by atoms with E-state index in [0.717, 1.165) is 49.7 Å². The van der Waals surface area contributed by atoms with Crippen molar-refractivity contribution in [3.05, 3.63) is 78.1 Å². The third kappa shape index (κ3) is 5.55. The number of rotatable bonds is 8. The molecule has 0 radical (unpaired) electrons. The Morgan fingerprint density at radius 2 is 1.72 bits per heavy atom. The number of methoxy groups -OCH3 is 1. The molecule has 7 heteroatoms. The van der Waals surface area contributed by atoms with E-state index in [-0.39, 0.29) is 11.9 Å². The number of hydrogen-bond donors (Lipinski definition) is 1. The third-order valence-electron chi connectivity index (χ3n) is 5.88. The highest BCUT2D eigenvalue weighted by molar-refractivity contribution is 5.78. The maximum absolute atomic E-state index is 12.6. The number of piperazine rings is 1. The summed E-state index contributed by atoms with van der Waals surface area (Å²) in [6.45, 7) is 6.91. The molecule has 1 aliphatic rings. The Balaban J connectivity index is 1.23. The zero-order chi connectivity index (χ0) is 22.3. The van der Waals surface area contributed by atoms with Crippen LogP contribution in [0.4, 0.5) is 0 Å². The minimum Gasteiger partial charge on any atom is -0.496 e. The maximum Gasteiger partial charge on any atom is 0.234 e. The minimum atomic E-state index is -0.0962. The van der Waals surface area contributed by atoms with E-state index in [1.54, 1.807) is 7.11 Å². The summed E-state index contributed by atoms with van der Waals surface area (Å²) in [5, 5.41) is 7.59. The molecule has 1 aromatic heterocycles. The average Bonchev–Trinajstić information content (AvgIpc) is 3.29. The summed E-state index contributed by atoms with van der Waals surface area (Å²) in [6.07, 6.45) is 4.03. The van der Waals surface area contributed by atoms with E-state index in [4.69, 9.17) is 4.74 Å². The number of aromatic nitrogens is 2. The van der Waals surface area contributed by atoms with Gasteiger partial charge in [-0.2, -0.15) is 5.10 Å². The number of carbonyl (C=O) groups excluding carboxylic acids is 1. The zero-order valence-corrected chi connectivity index (χ0v) is 18.8. The van der Waals surface area contributed by atoms with Crippen LogP contribution in [0.5, 0.6) is 5.75 Å². The van der Waals surface area contributed by atoms with Crippen molar-refractivity contribution >= 4 is 5.91 Å². The number of nitrogens with one attached hydrogen (secondary N) is 1. The van der Waals surface area contributed by atoms with Crippen molar-refractivity contribution in [3.63, 3.8) is 0 Å². The van der Waals surface area contributed by atoms with E-state index in [2.05, 4.69) is 38.5 Å². The number of benzene rings is 2. The molecule has 3 aromatic rings. The van der Waals surface area contributed by atoms with E-state index in [1.807, 2.05) is 60.3 Å². The van der Waals surface area contributed by atoms with E-state index in [0.29, 0.717) is 6.54 Å². The van der Waals surface area contributed by atoms with Crippen molar-refractivity contribution in [1.29, 1.82) is 0 Å². The van der Waals surface area contributed by atoms with Gasteiger partial charge in [0.05, 0.1) is 31.6 Å². The van der Waals surface area contributed by atoms with Crippen molar-refractivity contribution in [1.82, 2.24) is 24.9 Å². The van der Waals surface area contributed by atoms with Crippen LogP contribution < -0.4 is 10.1 Å². The quantitative estimate of drug-likeness (QED) is 0.592. The molecule has 2 aromatic carbocycles. The van der Waals surface area contributed by atoms with Gasteiger partial charge in [-0.05, 0) is 25.1 Å². The predicted octanol–water partition coefficient (Wildman–Crippen LogP) is 2.88. The lowest BCUT2D eigenvalue weighted by molar-refractivity contribution is -0.123. The lowest BCUT2D eigenvalue weighted by atomic mass is 10.1. The number of nitrogens with zero attached hydrogens (tertiary/aromatic N) is 4. The molecule has 0 aliphatic carbocycles. The second-order valence-electron chi connectivity index (χ2n) is 8.21. The van der Waals surface area contributed by atoms with Crippen LogP contribution in [0.15, 0.2) is 67.0 Å². The highest BCUT2D eigenvalue weighted by Crippen LogP contribution is 2.24. The molecular weight excluding hydrogens is 402 g/mol. The summed E-state index contributed by atoms with van der Waals surface area (Å²) in [5.41, 5.74) is 3.26. The number of carbonyl (C=O) groups is 1. The molecule has 0 saturated carbocycles. The molecular formula is C25H31N5O2. The normalized spacial score (nSPS) is 15.9. The van der Waals surface area contributed by atoms with Crippen molar-refractivity contribution in [2.45, 2.75) is 19.5 Å². The lowest BCUT2D eigenvalue weighted by Gasteiger charge is -2.34. The fourth-order valence-electron chi connectivity index (χ4n) is 4.12. The number of hydrogen-bond acceptors (Lipinski definition) is 5. The zero-order valence-electron chi connectivity index (χ0n) is 18.8. The van der Waals surface area contributed by atoms with Gasteiger partial charge in [0.15, 0.2) is 0 Å². The van der Waals surface area contributed by atoms with Gasteiger partial charge in [-0.3, -0.25) is 14.6 Å². The van der Waals surface area contributed by atoms with Crippen LogP contribution in [0, 0.1) is 0 Å². The molecule has 32 heavy (non-hydrogen) atoms. The average molecular weight is 434 g/mol. The van der Waals surface area contributed by atoms with Crippen LogP contribution in [0.25, 0.3) is 5.69 Å². The number of amides is 1. The number of ether oxygens (including phenoxy) is 1. The van der Waals surface area contributed by atoms with Gasteiger partial charge in [0.25, 0.3) is 0 Å². The van der Waals surface area contributed by atoms with Crippen molar-refractivity contribution in [2.75, 3.05) is 39.8 Å². The van der Waals surface area contributed by atoms with Crippen LogP contribution in [0.2, 0.25) is 0 Å². The Morgan fingerprint density at radius 1 is 1.03 bits per heavy atom. The Bertz CT molecular complexity index is 1010. The molecule has 1 atom stereocenters. The highest BCUT2D eigenvalue weighted by Gasteiger charge is 2.21. The Morgan fingerprint density at radius 3 is 2.47 bits per heavy atom. The molecule has 2 heterocycles. The van der Waals surface area contributed by atoms with Gasteiger partial charge < -0.3 is 10.1 Å². The Kier molecular flexibility index (Phi) is 7.19. The van der Waals surface area contributed by atoms with Gasteiger partial charge in [-0.1, -0.05) is 36.4 Å². The van der Waals surface area contributed by atoms with Crippen molar-refractivity contribution in [2.24, 2.45) is 0 Å². The monoisotopic (exact) mass is 433 g/mol. The first-order chi connectivity index (χ1) is 15.6. The summed E-state index contributed by atoms with van der Waals surface area (Å²) >= 11 is 0. The van der Waals surface area contributed by atoms with Gasteiger partial charge >= 0.3 is 0 Å². The molecule has 0 bridgehead atoms. The van der Waals surface area contributed by atoms with Gasteiger partial charge in [0.1, 0.15) is 5.75 Å². The molecule has 0 spiro atoms. The summed E-state index contributed by atoms with van der Waals surface area (Å²) in [4.78, 5) is 17.2. The Hall–Kier alpha value is -3.16. The number of para-hydroxylation sites is 2. The van der Waals surface area contributed by atoms with Gasteiger partial charge in [-0.15, -0.1) is 0 Å². The first-order valence-corrected chi connectivity index (χ1v) is 11.1. The molecule has 168 valence electrons. The van der Waals surface area contributed by atoms with Crippen LogP contribution in [0.1, 0.15) is 24.1 Å². The summed E-state index contributed by atoms with van der Waals surface area (Å²) in [5.74, 6) is 0.838. The molecule has 1 fully saturated rings. The predicted molar refractivity (Wildman–Crippen MR) is 125 cm³/mol. The largest absolute Gasteiger partial charge is 0.496 e. The SMILES string of the molecule is COc1ccccc1[C@@H](C)NC(=O)CN1CCN(Cc2cnn(-c3ccccc3)c2)CC1. The summed E-state index contributed by atoms with van der Waals surface area (Å²) < 4.78 is 7.33. The molecule has 0 unspecified atom stereocenters. The molecule has 1 saturated heterocycles. The first-order valence-electron chi connectivity index (χ1n) is 11.1. The molecule has 7 nitrogen and oxygen atoms in total. The smallest absolute Gasteiger partial charge is 0.234 e. The van der Waals surface area contributed by atoms with Gasteiger partial charge in [0.2, 0.25) is 5.91 Å².